The molecule has 0 fully saturated rings. The first kappa shape index (κ1) is 22.0. The highest BCUT2D eigenvalue weighted by atomic mass is 31.1. The minimum absolute atomic E-state index is 0.860. The molecule has 4 heterocycles. The van der Waals surface area contributed by atoms with Gasteiger partial charge in [-0.1, -0.05) is 51.5 Å². The van der Waals surface area contributed by atoms with Crippen molar-refractivity contribution in [3.05, 3.63) is 108 Å². The van der Waals surface area contributed by atoms with Crippen LogP contribution in [0.3, 0.4) is 0 Å². The standard InChI is InChI=1S/C36H20O4P2/c1-3-13-27-21(7-1)37-23-9-5-11-25-35(23)41(27)29-17-19-15-16-20-18-30-34(32(31(19)20)33(29)39-25)40-26-12-6-10-24-36(26)42(30)28-14-4-2-8-22(28)38-24/h1-14,17-18H,15-16H2. The zero-order chi connectivity index (χ0) is 27.1. The van der Waals surface area contributed by atoms with E-state index >= 15 is 0 Å². The van der Waals surface area contributed by atoms with Gasteiger partial charge in [-0.3, -0.25) is 0 Å². The second-order valence-corrected chi connectivity index (χ2v) is 15.4. The number of rotatable bonds is 0. The Morgan fingerprint density at radius 3 is 1.48 bits per heavy atom. The topological polar surface area (TPSA) is 44.7 Å². The molecule has 2 aromatic heterocycles. The van der Waals surface area contributed by atoms with Gasteiger partial charge in [0.15, 0.2) is 11.2 Å². The van der Waals surface area contributed by atoms with E-state index in [0.717, 1.165) is 63.6 Å². The summed E-state index contributed by atoms with van der Waals surface area (Å²) in [6.07, 6.45) is 2.04. The molecule has 2 unspecified atom stereocenters. The second kappa shape index (κ2) is 7.61. The molecule has 11 rings (SSSR count). The van der Waals surface area contributed by atoms with Crippen LogP contribution in [0.5, 0.6) is 23.0 Å². The Morgan fingerprint density at radius 1 is 0.476 bits per heavy atom. The molecule has 2 atom stereocenters. The number of aryl methyl sites for hydroxylation is 2. The lowest BCUT2D eigenvalue weighted by atomic mass is 10.0. The zero-order valence-corrected chi connectivity index (χ0v) is 24.0. The molecule has 3 aliphatic rings. The highest BCUT2D eigenvalue weighted by molar-refractivity contribution is 7.68. The third-order valence-corrected chi connectivity index (χ3v) is 14.1. The van der Waals surface area contributed by atoms with Crippen molar-refractivity contribution in [2.24, 2.45) is 0 Å². The maximum Gasteiger partial charge on any atom is 0.150 e. The molecule has 0 N–H and O–H groups in total. The van der Waals surface area contributed by atoms with Crippen molar-refractivity contribution in [2.75, 3.05) is 0 Å². The first-order chi connectivity index (χ1) is 20.8. The molecule has 6 aromatic carbocycles. The second-order valence-electron chi connectivity index (χ2n) is 11.2. The van der Waals surface area contributed by atoms with Crippen molar-refractivity contribution >= 4 is 68.6 Å². The summed E-state index contributed by atoms with van der Waals surface area (Å²) in [5, 5.41) is 9.77. The Morgan fingerprint density at radius 2 is 0.952 bits per heavy atom. The summed E-state index contributed by atoms with van der Waals surface area (Å²) in [6.45, 7) is 0. The third kappa shape index (κ3) is 2.62. The number of para-hydroxylation sites is 2. The largest absolute Gasteiger partial charge is 0.455 e. The van der Waals surface area contributed by atoms with E-state index in [1.165, 1.54) is 47.6 Å². The lowest BCUT2D eigenvalue weighted by Gasteiger charge is -2.24. The Hall–Kier alpha value is -4.62. The van der Waals surface area contributed by atoms with E-state index in [-0.39, 0.29) is 0 Å². The van der Waals surface area contributed by atoms with Gasteiger partial charge in [0.05, 0.1) is 15.6 Å². The number of hydrogen-bond acceptors (Lipinski definition) is 4. The highest BCUT2D eigenvalue weighted by Gasteiger charge is 2.30. The van der Waals surface area contributed by atoms with Gasteiger partial charge < -0.3 is 18.3 Å². The minimum atomic E-state index is -0.860. The van der Waals surface area contributed by atoms with Gasteiger partial charge in [0.25, 0.3) is 0 Å². The molecule has 1 aliphatic carbocycles. The minimum Gasteiger partial charge on any atom is -0.455 e. The normalized spacial score (nSPS) is 14.8. The summed E-state index contributed by atoms with van der Waals surface area (Å²) >= 11 is 0. The van der Waals surface area contributed by atoms with Crippen LogP contribution in [0.2, 0.25) is 0 Å². The highest BCUT2D eigenvalue weighted by Crippen LogP contribution is 2.65. The molecule has 2 aliphatic heterocycles. The molecule has 4 nitrogen and oxygen atoms in total. The van der Waals surface area contributed by atoms with Crippen molar-refractivity contribution in [1.82, 2.24) is 0 Å². The van der Waals surface area contributed by atoms with Gasteiger partial charge in [0.2, 0.25) is 0 Å². The van der Waals surface area contributed by atoms with Gasteiger partial charge in [0.1, 0.15) is 34.2 Å². The van der Waals surface area contributed by atoms with E-state index < -0.39 is 15.1 Å². The van der Waals surface area contributed by atoms with Gasteiger partial charge in [-0.2, -0.15) is 0 Å². The molecule has 42 heavy (non-hydrogen) atoms. The Balaban J connectivity index is 1.42. The smallest absolute Gasteiger partial charge is 0.150 e. The Labute approximate surface area is 241 Å². The van der Waals surface area contributed by atoms with E-state index in [0.29, 0.717) is 0 Å². The Kier molecular flexibility index (Phi) is 3.99. The number of benzene rings is 6. The summed E-state index contributed by atoms with van der Waals surface area (Å²) in [7, 11) is -1.72. The summed E-state index contributed by atoms with van der Waals surface area (Å²) in [6, 6.07) is 34.2. The summed E-state index contributed by atoms with van der Waals surface area (Å²) in [5.74, 6) is 3.67. The number of ether oxygens (including phenoxy) is 2. The predicted octanol–water partition coefficient (Wildman–Crippen LogP) is 12.0. The average molecular weight is 579 g/mol. The molecule has 6 heteroatoms. The van der Waals surface area contributed by atoms with Crippen LogP contribution in [0.15, 0.2) is 106 Å². The SMILES string of the molecule is c1ccc2c(c1)Oc1cccc3oc4c5c6c(cc4p-2c13)CCc6cc1c5oc2cccc3c2p1-c1ccccc1O3. The van der Waals surface area contributed by atoms with Crippen LogP contribution in [0.1, 0.15) is 11.1 Å². The molecule has 198 valence electrons. The molecule has 0 amide bonds. The molecule has 0 spiro atoms. The van der Waals surface area contributed by atoms with Crippen molar-refractivity contribution in [1.29, 1.82) is 0 Å². The monoisotopic (exact) mass is 578 g/mol. The van der Waals surface area contributed by atoms with Gasteiger partial charge in [0, 0.05) is 20.8 Å². The van der Waals surface area contributed by atoms with Gasteiger partial charge in [-0.25, -0.2) is 0 Å². The quantitative estimate of drug-likeness (QED) is 0.133. The van der Waals surface area contributed by atoms with E-state index in [4.69, 9.17) is 18.3 Å². The number of fused-ring (bicyclic) bond motifs is 10. The van der Waals surface area contributed by atoms with Crippen molar-refractivity contribution < 1.29 is 18.3 Å². The van der Waals surface area contributed by atoms with Crippen LogP contribution >= 0.6 is 15.1 Å². The van der Waals surface area contributed by atoms with Gasteiger partial charge in [-0.05, 0) is 90.0 Å². The molecular formula is C36H20O4P2. The fourth-order valence-electron chi connectivity index (χ4n) is 7.35. The molecule has 8 aromatic rings. The van der Waals surface area contributed by atoms with Crippen LogP contribution in [0, 0.1) is 0 Å². The van der Waals surface area contributed by atoms with Crippen molar-refractivity contribution in [3.8, 4) is 33.6 Å². The molecule has 0 bridgehead atoms. The van der Waals surface area contributed by atoms with E-state index in [9.17, 15) is 0 Å². The number of hydrogen-bond donors (Lipinski definition) is 0. The maximum atomic E-state index is 6.96. The lowest BCUT2D eigenvalue weighted by molar-refractivity contribution is 0.489. The summed E-state index contributed by atoms with van der Waals surface area (Å²) in [4.78, 5) is 0. The maximum absolute atomic E-state index is 6.96. The lowest BCUT2D eigenvalue weighted by Crippen LogP contribution is -1.95. The Bertz CT molecular complexity index is 2420. The fraction of sp³-hybridized carbons (Fsp3) is 0.0556. The predicted molar refractivity (Wildman–Crippen MR) is 172 cm³/mol. The van der Waals surface area contributed by atoms with Gasteiger partial charge >= 0.3 is 0 Å². The van der Waals surface area contributed by atoms with Gasteiger partial charge in [-0.15, -0.1) is 0 Å². The first-order valence-electron chi connectivity index (χ1n) is 14.2. The van der Waals surface area contributed by atoms with Crippen LogP contribution in [-0.2, 0) is 12.8 Å². The average Bonchev–Trinajstić information content (AvgIpc) is 3.44. The van der Waals surface area contributed by atoms with E-state index in [1.807, 2.05) is 12.1 Å². The molecule has 0 saturated carbocycles. The fourth-order valence-corrected chi connectivity index (χ4v) is 12.6. The third-order valence-electron chi connectivity index (χ3n) is 9.03. The van der Waals surface area contributed by atoms with Crippen LogP contribution < -0.4 is 9.47 Å². The zero-order valence-electron chi connectivity index (χ0n) is 22.2. The van der Waals surface area contributed by atoms with E-state index in [2.05, 4.69) is 84.9 Å². The summed E-state index contributed by atoms with van der Waals surface area (Å²) < 4.78 is 26.7. The summed E-state index contributed by atoms with van der Waals surface area (Å²) in [5.41, 5.74) is 6.43. The van der Waals surface area contributed by atoms with Crippen LogP contribution in [0.25, 0.3) is 64.2 Å². The van der Waals surface area contributed by atoms with Crippen LogP contribution in [0.4, 0.5) is 0 Å². The van der Waals surface area contributed by atoms with Crippen molar-refractivity contribution in [3.63, 3.8) is 0 Å². The van der Waals surface area contributed by atoms with Crippen LogP contribution in [-0.4, -0.2) is 0 Å². The first-order valence-corrected chi connectivity index (χ1v) is 16.9. The van der Waals surface area contributed by atoms with Crippen molar-refractivity contribution in [2.45, 2.75) is 12.8 Å². The molecular weight excluding hydrogens is 558 g/mol. The molecule has 0 radical (unpaired) electrons. The molecule has 0 saturated heterocycles. The van der Waals surface area contributed by atoms with E-state index in [1.54, 1.807) is 0 Å².